The van der Waals surface area contributed by atoms with Crippen LogP contribution in [-0.4, -0.2) is 23.2 Å². The minimum Gasteiger partial charge on any atom is -0.490 e. The van der Waals surface area contributed by atoms with Crippen LogP contribution in [0.1, 0.15) is 13.8 Å². The minimum atomic E-state index is 0.254. The van der Waals surface area contributed by atoms with Gasteiger partial charge in [0.05, 0.1) is 18.9 Å². The summed E-state index contributed by atoms with van der Waals surface area (Å²) in [6.07, 6.45) is 1.63. The van der Waals surface area contributed by atoms with Gasteiger partial charge in [0.25, 0.3) is 0 Å². The molecule has 1 heterocycles. The summed E-state index contributed by atoms with van der Waals surface area (Å²) in [7, 11) is 0. The highest BCUT2D eigenvalue weighted by molar-refractivity contribution is 5.64. The number of aromatic nitrogens is 2. The molecule has 5 nitrogen and oxygen atoms in total. The van der Waals surface area contributed by atoms with Crippen molar-refractivity contribution < 1.29 is 9.47 Å². The molecule has 0 radical (unpaired) electrons. The first-order valence-electron chi connectivity index (χ1n) is 6.23. The van der Waals surface area contributed by atoms with E-state index in [2.05, 4.69) is 9.97 Å². The van der Waals surface area contributed by atoms with E-state index in [-0.39, 0.29) is 5.95 Å². The highest BCUT2D eigenvalue weighted by Crippen LogP contribution is 2.32. The molecule has 100 valence electrons. The predicted octanol–water partition coefficient (Wildman–Crippen LogP) is 2.52. The summed E-state index contributed by atoms with van der Waals surface area (Å²) in [5.41, 5.74) is 7.27. The number of hydrogen-bond acceptors (Lipinski definition) is 5. The SMILES string of the molecule is CCOc1ccc(-c2ccnc(N)n2)cc1OCC. The third-order valence-electron chi connectivity index (χ3n) is 2.51. The summed E-state index contributed by atoms with van der Waals surface area (Å²) in [5.74, 6) is 1.69. The van der Waals surface area contributed by atoms with Gasteiger partial charge in [-0.25, -0.2) is 9.97 Å². The number of nitrogens with two attached hydrogens (primary N) is 1. The smallest absolute Gasteiger partial charge is 0.220 e. The third kappa shape index (κ3) is 3.13. The molecule has 0 unspecified atom stereocenters. The second-order valence-electron chi connectivity index (χ2n) is 3.83. The minimum absolute atomic E-state index is 0.254. The Bertz CT molecular complexity index is 558. The summed E-state index contributed by atoms with van der Waals surface area (Å²) < 4.78 is 11.1. The van der Waals surface area contributed by atoms with E-state index in [9.17, 15) is 0 Å². The van der Waals surface area contributed by atoms with Crippen LogP contribution in [0.2, 0.25) is 0 Å². The molecule has 1 aromatic heterocycles. The van der Waals surface area contributed by atoms with Crippen LogP contribution in [0, 0.1) is 0 Å². The summed E-state index contributed by atoms with van der Waals surface area (Å²) >= 11 is 0. The first-order valence-corrected chi connectivity index (χ1v) is 6.23. The maximum Gasteiger partial charge on any atom is 0.220 e. The Morgan fingerprint density at radius 2 is 1.79 bits per heavy atom. The quantitative estimate of drug-likeness (QED) is 0.893. The summed E-state index contributed by atoms with van der Waals surface area (Å²) in [6, 6.07) is 7.51. The van der Waals surface area contributed by atoms with E-state index in [1.54, 1.807) is 6.20 Å². The Labute approximate surface area is 112 Å². The van der Waals surface area contributed by atoms with Crippen LogP contribution < -0.4 is 15.2 Å². The van der Waals surface area contributed by atoms with Crippen molar-refractivity contribution in [2.24, 2.45) is 0 Å². The zero-order valence-electron chi connectivity index (χ0n) is 11.1. The third-order valence-corrected chi connectivity index (χ3v) is 2.51. The monoisotopic (exact) mass is 259 g/mol. The largest absolute Gasteiger partial charge is 0.490 e. The first kappa shape index (κ1) is 13.1. The molecule has 0 bridgehead atoms. The molecule has 2 N–H and O–H groups in total. The molecule has 0 fully saturated rings. The van der Waals surface area contributed by atoms with E-state index >= 15 is 0 Å². The summed E-state index contributed by atoms with van der Waals surface area (Å²) in [5, 5.41) is 0. The van der Waals surface area contributed by atoms with Crippen molar-refractivity contribution in [1.29, 1.82) is 0 Å². The van der Waals surface area contributed by atoms with Gasteiger partial charge < -0.3 is 15.2 Å². The van der Waals surface area contributed by atoms with Crippen LogP contribution in [0.3, 0.4) is 0 Å². The van der Waals surface area contributed by atoms with Crippen molar-refractivity contribution >= 4 is 5.95 Å². The normalized spacial score (nSPS) is 10.2. The maximum atomic E-state index is 5.59. The van der Waals surface area contributed by atoms with Crippen LogP contribution in [-0.2, 0) is 0 Å². The molecule has 0 aliphatic rings. The molecule has 0 saturated heterocycles. The number of hydrogen-bond donors (Lipinski definition) is 1. The molecule has 0 amide bonds. The van der Waals surface area contributed by atoms with Crippen molar-refractivity contribution in [1.82, 2.24) is 9.97 Å². The topological polar surface area (TPSA) is 70.3 Å². The second-order valence-corrected chi connectivity index (χ2v) is 3.83. The molecule has 0 spiro atoms. The summed E-state index contributed by atoms with van der Waals surface area (Å²) in [4.78, 5) is 8.07. The predicted molar refractivity (Wildman–Crippen MR) is 74.2 cm³/mol. The van der Waals surface area contributed by atoms with Crippen LogP contribution >= 0.6 is 0 Å². The molecule has 1 aromatic carbocycles. The number of benzene rings is 1. The van der Waals surface area contributed by atoms with Crippen molar-refractivity contribution in [2.75, 3.05) is 18.9 Å². The fourth-order valence-corrected chi connectivity index (χ4v) is 1.74. The lowest BCUT2D eigenvalue weighted by Gasteiger charge is -2.12. The van der Waals surface area contributed by atoms with E-state index in [0.29, 0.717) is 19.0 Å². The fourth-order valence-electron chi connectivity index (χ4n) is 1.74. The maximum absolute atomic E-state index is 5.59. The van der Waals surface area contributed by atoms with Crippen LogP contribution in [0.25, 0.3) is 11.3 Å². The number of anilines is 1. The van der Waals surface area contributed by atoms with Gasteiger partial charge in [-0.3, -0.25) is 0 Å². The second kappa shape index (κ2) is 6.04. The average Bonchev–Trinajstić information content (AvgIpc) is 2.41. The molecule has 19 heavy (non-hydrogen) atoms. The standard InChI is InChI=1S/C14H17N3O2/c1-3-18-12-6-5-10(9-13(12)19-4-2)11-7-8-16-14(15)17-11/h5-9H,3-4H2,1-2H3,(H2,15,16,17). The van der Waals surface area contributed by atoms with Gasteiger partial charge in [-0.2, -0.15) is 0 Å². The lowest BCUT2D eigenvalue weighted by atomic mass is 10.1. The van der Waals surface area contributed by atoms with Crippen molar-refractivity contribution in [3.05, 3.63) is 30.5 Å². The zero-order valence-corrected chi connectivity index (χ0v) is 11.1. The van der Waals surface area contributed by atoms with E-state index in [0.717, 1.165) is 17.0 Å². The van der Waals surface area contributed by atoms with Gasteiger partial charge in [0, 0.05) is 11.8 Å². The van der Waals surface area contributed by atoms with Gasteiger partial charge in [0.15, 0.2) is 11.5 Å². The molecule has 0 atom stereocenters. The Hall–Kier alpha value is -2.30. The molecule has 2 rings (SSSR count). The van der Waals surface area contributed by atoms with Crippen LogP contribution in [0.5, 0.6) is 11.5 Å². The van der Waals surface area contributed by atoms with Gasteiger partial charge in [-0.1, -0.05) is 0 Å². The molecule has 5 heteroatoms. The van der Waals surface area contributed by atoms with Crippen LogP contribution in [0.15, 0.2) is 30.5 Å². The van der Waals surface area contributed by atoms with E-state index in [1.807, 2.05) is 38.1 Å². The Balaban J connectivity index is 2.39. The molecule has 0 saturated carbocycles. The van der Waals surface area contributed by atoms with Gasteiger partial charge in [0.1, 0.15) is 0 Å². The fraction of sp³-hybridized carbons (Fsp3) is 0.286. The number of nitrogen functional groups attached to an aromatic ring is 1. The average molecular weight is 259 g/mol. The molecule has 0 aliphatic carbocycles. The lowest BCUT2D eigenvalue weighted by molar-refractivity contribution is 0.288. The molecule has 0 aliphatic heterocycles. The summed E-state index contributed by atoms with van der Waals surface area (Å²) in [6.45, 7) is 5.05. The highest BCUT2D eigenvalue weighted by atomic mass is 16.5. The zero-order chi connectivity index (χ0) is 13.7. The van der Waals surface area contributed by atoms with Gasteiger partial charge >= 0.3 is 0 Å². The lowest BCUT2D eigenvalue weighted by Crippen LogP contribution is -1.99. The number of rotatable bonds is 5. The molecular weight excluding hydrogens is 242 g/mol. The van der Waals surface area contributed by atoms with Gasteiger partial charge in [-0.15, -0.1) is 0 Å². The van der Waals surface area contributed by atoms with Gasteiger partial charge in [0.2, 0.25) is 5.95 Å². The van der Waals surface area contributed by atoms with Gasteiger partial charge in [-0.05, 0) is 38.1 Å². The highest BCUT2D eigenvalue weighted by Gasteiger charge is 2.08. The van der Waals surface area contributed by atoms with Crippen molar-refractivity contribution in [2.45, 2.75) is 13.8 Å². The Morgan fingerprint density at radius 1 is 1.05 bits per heavy atom. The van der Waals surface area contributed by atoms with Crippen molar-refractivity contribution in [3.63, 3.8) is 0 Å². The first-order chi connectivity index (χ1) is 9.24. The number of nitrogens with zero attached hydrogens (tertiary/aromatic N) is 2. The van der Waals surface area contributed by atoms with E-state index < -0.39 is 0 Å². The number of ether oxygens (including phenoxy) is 2. The molecule has 2 aromatic rings. The molecular formula is C14H17N3O2. The van der Waals surface area contributed by atoms with E-state index in [1.165, 1.54) is 0 Å². The Kier molecular flexibility index (Phi) is 4.18. The Morgan fingerprint density at radius 3 is 2.47 bits per heavy atom. The van der Waals surface area contributed by atoms with E-state index in [4.69, 9.17) is 15.2 Å². The van der Waals surface area contributed by atoms with Crippen LogP contribution in [0.4, 0.5) is 5.95 Å². The van der Waals surface area contributed by atoms with Crippen molar-refractivity contribution in [3.8, 4) is 22.8 Å².